The number of allylic oxidation sites excluding steroid dienone is 3. The Balaban J connectivity index is 3.36. The second-order valence-electron chi connectivity index (χ2n) is 27.4. The highest BCUT2D eigenvalue weighted by Gasteiger charge is 2.18. The molecule has 0 heterocycles. The number of carbonyl (C=O) groups is 2. The van der Waals surface area contributed by atoms with Gasteiger partial charge < -0.3 is 20.3 Å². The highest BCUT2D eigenvalue weighted by molar-refractivity contribution is 5.76. The molecule has 86 heavy (non-hydrogen) atoms. The van der Waals surface area contributed by atoms with Crippen molar-refractivity contribution in [3.63, 3.8) is 0 Å². The average molecular weight is 1210 g/mol. The first-order valence-electron chi connectivity index (χ1n) is 39.6. The number of hydrogen-bond acceptors (Lipinski definition) is 5. The minimum Gasteiger partial charge on any atom is -0.466 e. The summed E-state index contributed by atoms with van der Waals surface area (Å²) in [7, 11) is 0. The van der Waals surface area contributed by atoms with Crippen molar-refractivity contribution in [2.24, 2.45) is 0 Å². The minimum atomic E-state index is -0.844. The van der Waals surface area contributed by atoms with Gasteiger partial charge >= 0.3 is 5.97 Å². The van der Waals surface area contributed by atoms with Crippen LogP contribution in [0.3, 0.4) is 0 Å². The van der Waals surface area contributed by atoms with E-state index in [-0.39, 0.29) is 18.5 Å². The fraction of sp³-hybridized carbons (Fsp3) is 0.925. The Labute approximate surface area is 539 Å². The smallest absolute Gasteiger partial charge is 0.305 e. The summed E-state index contributed by atoms with van der Waals surface area (Å²) in [5.74, 6) is -0.0392. The van der Waals surface area contributed by atoms with Crippen molar-refractivity contribution in [3.05, 3.63) is 24.3 Å². The molecule has 0 aromatic heterocycles. The predicted molar refractivity (Wildman–Crippen MR) is 380 cm³/mol. The van der Waals surface area contributed by atoms with E-state index in [0.29, 0.717) is 19.4 Å². The molecule has 0 rings (SSSR count). The molecule has 1 amide bonds. The van der Waals surface area contributed by atoms with Gasteiger partial charge in [0, 0.05) is 12.8 Å². The molecule has 2 unspecified atom stereocenters. The topological polar surface area (TPSA) is 95.9 Å². The van der Waals surface area contributed by atoms with Crippen LogP contribution < -0.4 is 5.32 Å². The summed E-state index contributed by atoms with van der Waals surface area (Å²) >= 11 is 0. The Bertz CT molecular complexity index is 1350. The lowest BCUT2D eigenvalue weighted by Crippen LogP contribution is -2.45. The lowest BCUT2D eigenvalue weighted by atomic mass is 10.0. The van der Waals surface area contributed by atoms with Crippen molar-refractivity contribution in [1.82, 2.24) is 5.32 Å². The highest BCUT2D eigenvalue weighted by Crippen LogP contribution is 2.20. The number of nitrogens with one attached hydrogen (secondary N) is 1. The van der Waals surface area contributed by atoms with Crippen LogP contribution in [-0.2, 0) is 14.3 Å². The number of ether oxygens (including phenoxy) is 1. The van der Waals surface area contributed by atoms with Gasteiger partial charge in [0.2, 0.25) is 5.91 Å². The Kier molecular flexibility index (Phi) is 74.3. The SMILES string of the molecule is CCCCCCCCCCCCCCCCCCCC/C=C/C(O)C(CO)NC(=O)CCCCCCCCCCCCCCCC/C=C\CCCCCCCCCCCCCCOC(=O)CCCCCCCCCCCCCCCCCCCCC. The largest absolute Gasteiger partial charge is 0.466 e. The molecule has 0 radical (unpaired) electrons. The van der Waals surface area contributed by atoms with Crippen LogP contribution in [-0.4, -0.2) is 47.4 Å². The fourth-order valence-electron chi connectivity index (χ4n) is 12.7. The molecule has 0 saturated carbocycles. The number of rotatable bonds is 75. The van der Waals surface area contributed by atoms with Crippen LogP contribution in [0.1, 0.15) is 450 Å². The van der Waals surface area contributed by atoms with E-state index in [0.717, 1.165) is 38.5 Å². The van der Waals surface area contributed by atoms with Gasteiger partial charge in [-0.3, -0.25) is 9.59 Å². The summed E-state index contributed by atoms with van der Waals surface area (Å²) in [6, 6.07) is -0.628. The molecule has 0 saturated heterocycles. The molecule has 0 aliphatic heterocycles. The van der Waals surface area contributed by atoms with Crippen molar-refractivity contribution in [3.8, 4) is 0 Å². The number of esters is 1. The molecule has 6 nitrogen and oxygen atoms in total. The maximum absolute atomic E-state index is 12.5. The van der Waals surface area contributed by atoms with Crippen molar-refractivity contribution in [2.45, 2.75) is 463 Å². The summed E-state index contributed by atoms with van der Waals surface area (Å²) in [6.07, 6.45) is 97.3. The maximum atomic E-state index is 12.5. The van der Waals surface area contributed by atoms with Crippen LogP contribution in [0.15, 0.2) is 24.3 Å². The third-order valence-electron chi connectivity index (χ3n) is 18.7. The van der Waals surface area contributed by atoms with E-state index < -0.39 is 12.1 Å². The summed E-state index contributed by atoms with van der Waals surface area (Å²) in [6.45, 7) is 4.96. The zero-order valence-corrected chi connectivity index (χ0v) is 58.6. The molecule has 6 heteroatoms. The van der Waals surface area contributed by atoms with Gasteiger partial charge in [0.25, 0.3) is 0 Å². The zero-order valence-electron chi connectivity index (χ0n) is 58.6. The van der Waals surface area contributed by atoms with E-state index in [1.54, 1.807) is 6.08 Å². The first-order chi connectivity index (χ1) is 42.5. The van der Waals surface area contributed by atoms with Crippen molar-refractivity contribution >= 4 is 11.9 Å². The number of carbonyl (C=O) groups excluding carboxylic acids is 2. The van der Waals surface area contributed by atoms with Gasteiger partial charge in [-0.05, 0) is 57.8 Å². The second-order valence-corrected chi connectivity index (χ2v) is 27.4. The van der Waals surface area contributed by atoms with Crippen LogP contribution in [0.2, 0.25) is 0 Å². The molecule has 3 N–H and O–H groups in total. The molecule has 0 aromatic rings. The van der Waals surface area contributed by atoms with Crippen LogP contribution >= 0.6 is 0 Å². The Morgan fingerprint density at radius 1 is 0.314 bits per heavy atom. The first kappa shape index (κ1) is 84.3. The third kappa shape index (κ3) is 71.4. The van der Waals surface area contributed by atoms with Gasteiger partial charge in [-0.15, -0.1) is 0 Å². The van der Waals surface area contributed by atoms with E-state index >= 15 is 0 Å². The molecule has 0 aliphatic carbocycles. The Morgan fingerprint density at radius 2 is 0.547 bits per heavy atom. The van der Waals surface area contributed by atoms with E-state index in [1.165, 1.54) is 385 Å². The van der Waals surface area contributed by atoms with Crippen molar-refractivity contribution in [1.29, 1.82) is 0 Å². The third-order valence-corrected chi connectivity index (χ3v) is 18.7. The quantitative estimate of drug-likeness (QED) is 0.0320. The standard InChI is InChI=1S/C80H155NO5/c1-3-5-7-9-11-13-15-17-19-21-23-37-40-44-48-52-56-60-64-68-72-78(83)77(76-82)81-79(84)73-69-65-61-57-53-49-45-41-38-34-32-30-28-26-24-25-27-29-31-33-35-39-43-47-51-55-59-63-67-71-75-86-80(85)74-70-66-62-58-54-50-46-42-36-22-20-18-16-14-12-10-8-6-4-2/h25,27,68,72,77-78,82-83H,3-24,26,28-67,69-71,73-76H2,1-2H3,(H,81,84)/b27-25-,72-68+. The second kappa shape index (κ2) is 75.8. The molecule has 0 aliphatic rings. The van der Waals surface area contributed by atoms with Crippen LogP contribution in [0.5, 0.6) is 0 Å². The number of aliphatic hydroxyl groups is 2. The van der Waals surface area contributed by atoms with Gasteiger partial charge in [-0.1, -0.05) is 404 Å². The molecular weight excluding hydrogens is 1050 g/mol. The van der Waals surface area contributed by atoms with E-state index in [9.17, 15) is 19.8 Å². The summed E-state index contributed by atoms with van der Waals surface area (Å²) in [4.78, 5) is 24.7. The minimum absolute atomic E-state index is 0.0227. The van der Waals surface area contributed by atoms with Crippen LogP contribution in [0, 0.1) is 0 Å². The maximum Gasteiger partial charge on any atom is 0.305 e. The van der Waals surface area contributed by atoms with Crippen LogP contribution in [0.4, 0.5) is 0 Å². The normalized spacial score (nSPS) is 12.6. The molecule has 510 valence electrons. The highest BCUT2D eigenvalue weighted by atomic mass is 16.5. The summed E-state index contributed by atoms with van der Waals surface area (Å²) in [5.41, 5.74) is 0. The van der Waals surface area contributed by atoms with Gasteiger partial charge in [0.1, 0.15) is 0 Å². The zero-order chi connectivity index (χ0) is 62.0. The Hall–Kier alpha value is -1.66. The molecule has 0 spiro atoms. The number of unbranched alkanes of at least 4 members (excludes halogenated alkanes) is 62. The molecule has 0 fully saturated rings. The van der Waals surface area contributed by atoms with Gasteiger partial charge in [-0.25, -0.2) is 0 Å². The number of aliphatic hydroxyl groups excluding tert-OH is 2. The lowest BCUT2D eigenvalue weighted by molar-refractivity contribution is -0.143. The van der Waals surface area contributed by atoms with Gasteiger partial charge in [-0.2, -0.15) is 0 Å². The molecular formula is C80H155NO5. The number of amides is 1. The van der Waals surface area contributed by atoms with Gasteiger partial charge in [0.05, 0.1) is 25.4 Å². The predicted octanol–water partition coefficient (Wildman–Crippen LogP) is 26.0. The molecule has 2 atom stereocenters. The van der Waals surface area contributed by atoms with E-state index in [2.05, 4.69) is 31.3 Å². The van der Waals surface area contributed by atoms with E-state index in [4.69, 9.17) is 4.74 Å². The summed E-state index contributed by atoms with van der Waals surface area (Å²) in [5, 5.41) is 23.3. The summed E-state index contributed by atoms with van der Waals surface area (Å²) < 4.78 is 5.52. The van der Waals surface area contributed by atoms with Crippen LogP contribution in [0.25, 0.3) is 0 Å². The monoisotopic (exact) mass is 1210 g/mol. The molecule has 0 aromatic carbocycles. The Morgan fingerprint density at radius 3 is 0.826 bits per heavy atom. The first-order valence-corrected chi connectivity index (χ1v) is 39.6. The van der Waals surface area contributed by atoms with Gasteiger partial charge in [0.15, 0.2) is 0 Å². The van der Waals surface area contributed by atoms with Crippen molar-refractivity contribution in [2.75, 3.05) is 13.2 Å². The average Bonchev–Trinajstić information content (AvgIpc) is 3.54. The molecule has 0 bridgehead atoms. The lowest BCUT2D eigenvalue weighted by Gasteiger charge is -2.20. The van der Waals surface area contributed by atoms with E-state index in [1.807, 2.05) is 6.08 Å². The fourth-order valence-corrected chi connectivity index (χ4v) is 12.7. The van der Waals surface area contributed by atoms with Crippen molar-refractivity contribution < 1.29 is 24.5 Å². The number of hydrogen-bond donors (Lipinski definition) is 3.